The predicted molar refractivity (Wildman–Crippen MR) is 71.8 cm³/mol. The summed E-state index contributed by atoms with van der Waals surface area (Å²) in [5.74, 6) is 1.96. The molecule has 1 aliphatic carbocycles. The van der Waals surface area contributed by atoms with Crippen molar-refractivity contribution in [3.63, 3.8) is 0 Å². The van der Waals surface area contributed by atoms with Gasteiger partial charge in [0.05, 0.1) is 5.25 Å². The molecule has 1 atom stereocenters. The van der Waals surface area contributed by atoms with Crippen molar-refractivity contribution in [1.29, 1.82) is 0 Å². The number of hydrogen-bond donors (Lipinski definition) is 1. The molecule has 94 valence electrons. The fourth-order valence-corrected chi connectivity index (χ4v) is 2.87. The minimum Gasteiger partial charge on any atom is -0.352 e. The van der Waals surface area contributed by atoms with Crippen LogP contribution in [-0.4, -0.2) is 23.0 Å². The van der Waals surface area contributed by atoms with Gasteiger partial charge in [-0.2, -0.15) is 0 Å². The number of thioether (sulfide) groups is 1. The minimum absolute atomic E-state index is 0.101. The Morgan fingerprint density at radius 1 is 1.25 bits per heavy atom. The van der Waals surface area contributed by atoms with Gasteiger partial charge in [0.15, 0.2) is 0 Å². The van der Waals surface area contributed by atoms with E-state index in [9.17, 15) is 4.79 Å². The van der Waals surface area contributed by atoms with Gasteiger partial charge in [0.2, 0.25) is 5.91 Å². The van der Waals surface area contributed by atoms with Gasteiger partial charge < -0.3 is 5.32 Å². The van der Waals surface area contributed by atoms with Crippen LogP contribution in [0.5, 0.6) is 0 Å². The average Bonchev–Trinajstić information content (AvgIpc) is 2.27. The van der Waals surface area contributed by atoms with Crippen molar-refractivity contribution < 1.29 is 4.79 Å². The number of rotatable bonds is 5. The SMILES string of the molecule is CC(C)CSC(C)C(=O)NC1CCCCC1. The molecule has 0 aromatic carbocycles. The molecule has 1 amide bonds. The van der Waals surface area contributed by atoms with E-state index in [1.54, 1.807) is 11.8 Å². The smallest absolute Gasteiger partial charge is 0.233 e. The Hall–Kier alpha value is -0.180. The molecule has 1 N–H and O–H groups in total. The van der Waals surface area contributed by atoms with Crippen molar-refractivity contribution >= 4 is 17.7 Å². The second kappa shape index (κ2) is 7.21. The van der Waals surface area contributed by atoms with Gasteiger partial charge in [0, 0.05) is 6.04 Å². The number of carbonyl (C=O) groups excluding carboxylic acids is 1. The van der Waals surface area contributed by atoms with E-state index in [4.69, 9.17) is 0 Å². The Bertz CT molecular complexity index is 212. The normalized spacial score (nSPS) is 19.8. The molecule has 16 heavy (non-hydrogen) atoms. The van der Waals surface area contributed by atoms with Crippen LogP contribution in [0.4, 0.5) is 0 Å². The molecule has 1 aliphatic rings. The first-order valence-electron chi connectivity index (χ1n) is 6.51. The molecule has 0 aliphatic heterocycles. The monoisotopic (exact) mass is 243 g/mol. The Morgan fingerprint density at radius 2 is 1.88 bits per heavy atom. The van der Waals surface area contributed by atoms with Gasteiger partial charge in [-0.25, -0.2) is 0 Å². The third-order valence-corrected chi connectivity index (χ3v) is 4.57. The van der Waals surface area contributed by atoms with E-state index in [1.807, 2.05) is 6.92 Å². The molecule has 0 aromatic rings. The second-order valence-corrected chi connectivity index (χ2v) is 6.59. The maximum absolute atomic E-state index is 11.9. The van der Waals surface area contributed by atoms with Crippen LogP contribution in [0.2, 0.25) is 0 Å². The van der Waals surface area contributed by atoms with Crippen LogP contribution in [-0.2, 0) is 4.79 Å². The standard InChI is InChI=1S/C13H25NOS/c1-10(2)9-16-11(3)13(15)14-12-7-5-4-6-8-12/h10-12H,4-9H2,1-3H3,(H,14,15). The topological polar surface area (TPSA) is 29.1 Å². The number of amides is 1. The molecule has 1 fully saturated rings. The van der Waals surface area contributed by atoms with E-state index in [-0.39, 0.29) is 11.2 Å². The first kappa shape index (κ1) is 13.9. The summed E-state index contributed by atoms with van der Waals surface area (Å²) >= 11 is 1.77. The van der Waals surface area contributed by atoms with Crippen LogP contribution in [0.15, 0.2) is 0 Å². The summed E-state index contributed by atoms with van der Waals surface area (Å²) in [5.41, 5.74) is 0. The first-order chi connectivity index (χ1) is 7.59. The highest BCUT2D eigenvalue weighted by atomic mass is 32.2. The zero-order valence-electron chi connectivity index (χ0n) is 10.8. The number of nitrogens with one attached hydrogen (secondary N) is 1. The van der Waals surface area contributed by atoms with Gasteiger partial charge in [-0.3, -0.25) is 4.79 Å². The molecular formula is C13H25NOS. The largest absolute Gasteiger partial charge is 0.352 e. The van der Waals surface area contributed by atoms with Crippen LogP contribution in [0.25, 0.3) is 0 Å². The minimum atomic E-state index is 0.101. The summed E-state index contributed by atoms with van der Waals surface area (Å²) < 4.78 is 0. The lowest BCUT2D eigenvalue weighted by Gasteiger charge is -2.24. The van der Waals surface area contributed by atoms with Crippen molar-refractivity contribution in [2.75, 3.05) is 5.75 Å². The number of carbonyl (C=O) groups is 1. The lowest BCUT2D eigenvalue weighted by molar-refractivity contribution is -0.121. The molecule has 0 saturated heterocycles. The molecule has 1 rings (SSSR count). The van der Waals surface area contributed by atoms with Gasteiger partial charge in [-0.15, -0.1) is 11.8 Å². The van der Waals surface area contributed by atoms with Crippen molar-refractivity contribution in [3.8, 4) is 0 Å². The van der Waals surface area contributed by atoms with Crippen LogP contribution < -0.4 is 5.32 Å². The summed E-state index contributed by atoms with van der Waals surface area (Å²) in [5, 5.41) is 3.28. The van der Waals surface area contributed by atoms with Crippen molar-refractivity contribution in [3.05, 3.63) is 0 Å². The highest BCUT2D eigenvalue weighted by molar-refractivity contribution is 8.00. The van der Waals surface area contributed by atoms with E-state index in [0.717, 1.165) is 5.75 Å². The number of hydrogen-bond acceptors (Lipinski definition) is 2. The second-order valence-electron chi connectivity index (χ2n) is 5.21. The van der Waals surface area contributed by atoms with Crippen LogP contribution in [0.1, 0.15) is 52.9 Å². The maximum atomic E-state index is 11.9. The van der Waals surface area contributed by atoms with Gasteiger partial charge in [-0.1, -0.05) is 33.1 Å². The fourth-order valence-electron chi connectivity index (χ4n) is 1.98. The molecule has 1 unspecified atom stereocenters. The zero-order valence-corrected chi connectivity index (χ0v) is 11.6. The van der Waals surface area contributed by atoms with Crippen LogP contribution in [0, 0.1) is 5.92 Å². The summed E-state index contributed by atoms with van der Waals surface area (Å²) in [7, 11) is 0. The highest BCUT2D eigenvalue weighted by Gasteiger charge is 2.19. The van der Waals surface area contributed by atoms with Gasteiger partial charge in [0.25, 0.3) is 0 Å². The van der Waals surface area contributed by atoms with Crippen molar-refractivity contribution in [1.82, 2.24) is 5.32 Å². The molecule has 3 heteroatoms. The predicted octanol–water partition coefficient (Wildman–Crippen LogP) is 3.21. The van der Waals surface area contributed by atoms with E-state index in [1.165, 1.54) is 32.1 Å². The Kier molecular flexibility index (Phi) is 6.25. The van der Waals surface area contributed by atoms with Gasteiger partial charge >= 0.3 is 0 Å². The summed E-state index contributed by atoms with van der Waals surface area (Å²) in [6, 6.07) is 0.448. The lowest BCUT2D eigenvalue weighted by Crippen LogP contribution is -2.40. The first-order valence-corrected chi connectivity index (χ1v) is 7.56. The molecule has 0 spiro atoms. The lowest BCUT2D eigenvalue weighted by atomic mass is 9.95. The van der Waals surface area contributed by atoms with Gasteiger partial charge in [-0.05, 0) is 31.4 Å². The van der Waals surface area contributed by atoms with E-state index < -0.39 is 0 Å². The van der Waals surface area contributed by atoms with Gasteiger partial charge in [0.1, 0.15) is 0 Å². The van der Waals surface area contributed by atoms with Crippen LogP contribution >= 0.6 is 11.8 Å². The highest BCUT2D eigenvalue weighted by Crippen LogP contribution is 2.19. The van der Waals surface area contributed by atoms with E-state index in [2.05, 4.69) is 19.2 Å². The maximum Gasteiger partial charge on any atom is 0.233 e. The molecule has 0 bridgehead atoms. The third kappa shape index (κ3) is 5.24. The molecule has 0 aromatic heterocycles. The van der Waals surface area contributed by atoms with E-state index in [0.29, 0.717) is 12.0 Å². The third-order valence-electron chi connectivity index (χ3n) is 3.00. The Balaban J connectivity index is 2.22. The summed E-state index contributed by atoms with van der Waals surface area (Å²) in [6.45, 7) is 6.41. The van der Waals surface area contributed by atoms with E-state index >= 15 is 0 Å². The van der Waals surface area contributed by atoms with Crippen molar-refractivity contribution in [2.24, 2.45) is 5.92 Å². The quantitative estimate of drug-likeness (QED) is 0.803. The Morgan fingerprint density at radius 3 is 2.44 bits per heavy atom. The molecule has 1 saturated carbocycles. The van der Waals surface area contributed by atoms with Crippen LogP contribution in [0.3, 0.4) is 0 Å². The summed E-state index contributed by atoms with van der Waals surface area (Å²) in [6.07, 6.45) is 6.24. The molecular weight excluding hydrogens is 218 g/mol. The molecule has 0 radical (unpaired) electrons. The molecule has 2 nitrogen and oxygen atoms in total. The Labute approximate surface area is 104 Å². The zero-order chi connectivity index (χ0) is 12.0. The molecule has 0 heterocycles. The average molecular weight is 243 g/mol. The summed E-state index contributed by atoms with van der Waals surface area (Å²) in [4.78, 5) is 11.9. The van der Waals surface area contributed by atoms with Crippen molar-refractivity contribution in [2.45, 2.75) is 64.2 Å². The fraction of sp³-hybridized carbons (Fsp3) is 0.923.